The maximum absolute atomic E-state index is 12.5. The van der Waals surface area contributed by atoms with Crippen molar-refractivity contribution >= 4 is 5.91 Å². The van der Waals surface area contributed by atoms with Crippen LogP contribution in [0.4, 0.5) is 0 Å². The zero-order valence-electron chi connectivity index (χ0n) is 18.8. The van der Waals surface area contributed by atoms with Gasteiger partial charge in [-0.25, -0.2) is 0 Å². The van der Waals surface area contributed by atoms with Crippen molar-refractivity contribution in [1.29, 1.82) is 0 Å². The number of benzene rings is 1. The molecular weight excluding hydrogens is 380 g/mol. The Kier molecular flexibility index (Phi) is 11.6. The maximum Gasteiger partial charge on any atom is 0.220 e. The van der Waals surface area contributed by atoms with E-state index in [-0.39, 0.29) is 5.91 Å². The summed E-state index contributed by atoms with van der Waals surface area (Å²) in [7, 11) is 0. The predicted octanol–water partition coefficient (Wildman–Crippen LogP) is 4.12. The van der Waals surface area contributed by atoms with E-state index in [2.05, 4.69) is 24.5 Å². The number of carbonyl (C=O) groups is 1. The lowest BCUT2D eigenvalue weighted by atomic mass is 10.0. The molecule has 0 unspecified atom stereocenters. The number of fused-ring (bicyclic) bond motifs is 1. The van der Waals surface area contributed by atoms with Gasteiger partial charge < -0.3 is 25.2 Å². The van der Waals surface area contributed by atoms with E-state index in [9.17, 15) is 9.90 Å². The van der Waals surface area contributed by atoms with E-state index < -0.39 is 12.1 Å². The van der Waals surface area contributed by atoms with Gasteiger partial charge in [-0.05, 0) is 37.1 Å². The number of aliphatic hydroxyl groups is 1. The Morgan fingerprint density at radius 1 is 1.00 bits per heavy atom. The lowest BCUT2D eigenvalue weighted by Crippen LogP contribution is -2.46. The fraction of sp³-hybridized carbons (Fsp3) is 0.708. The van der Waals surface area contributed by atoms with Gasteiger partial charge >= 0.3 is 0 Å². The number of ether oxygens (including phenoxy) is 2. The van der Waals surface area contributed by atoms with E-state index in [0.717, 1.165) is 31.4 Å². The largest absolute Gasteiger partial charge is 0.486 e. The van der Waals surface area contributed by atoms with Crippen LogP contribution in [-0.2, 0) is 4.79 Å². The van der Waals surface area contributed by atoms with E-state index in [1.165, 1.54) is 32.1 Å². The normalized spacial score (nSPS) is 14.9. The van der Waals surface area contributed by atoms with E-state index >= 15 is 0 Å². The number of amides is 1. The smallest absolute Gasteiger partial charge is 0.220 e. The summed E-state index contributed by atoms with van der Waals surface area (Å²) < 4.78 is 11.2. The van der Waals surface area contributed by atoms with Gasteiger partial charge in [0, 0.05) is 13.0 Å². The highest BCUT2D eigenvalue weighted by Gasteiger charge is 2.24. The molecule has 1 heterocycles. The molecule has 1 aromatic carbocycles. The summed E-state index contributed by atoms with van der Waals surface area (Å²) in [6.45, 7) is 6.72. The van der Waals surface area contributed by atoms with Crippen LogP contribution in [-0.4, -0.2) is 43.4 Å². The molecule has 3 N–H and O–H groups in total. The van der Waals surface area contributed by atoms with Gasteiger partial charge in [0.25, 0.3) is 0 Å². The quantitative estimate of drug-likeness (QED) is 0.372. The van der Waals surface area contributed by atoms with Gasteiger partial charge in [-0.15, -0.1) is 0 Å². The molecule has 1 aliphatic heterocycles. The average Bonchev–Trinajstić information content (AvgIpc) is 2.77. The molecule has 1 aliphatic rings. The SMILES string of the molecule is CCCCCCCCCC(=O)N[C@@H](CNCCC)[C@@H](O)c1ccc2c(c1)OCCO2. The number of carbonyl (C=O) groups excluding carboxylic acids is 1. The van der Waals surface area contributed by atoms with Gasteiger partial charge in [0.2, 0.25) is 5.91 Å². The molecule has 0 saturated heterocycles. The molecule has 0 aliphatic carbocycles. The lowest BCUT2D eigenvalue weighted by molar-refractivity contribution is -0.122. The molecule has 0 saturated carbocycles. The van der Waals surface area contributed by atoms with Crippen molar-refractivity contribution in [2.45, 2.75) is 83.8 Å². The van der Waals surface area contributed by atoms with Crippen LogP contribution in [0.3, 0.4) is 0 Å². The molecule has 6 heteroatoms. The molecule has 1 aromatic rings. The molecule has 0 aromatic heterocycles. The van der Waals surface area contributed by atoms with Crippen LogP contribution in [0.5, 0.6) is 11.5 Å². The van der Waals surface area contributed by atoms with Crippen LogP contribution in [0, 0.1) is 0 Å². The van der Waals surface area contributed by atoms with Crippen molar-refractivity contribution in [1.82, 2.24) is 10.6 Å². The van der Waals surface area contributed by atoms with Crippen LogP contribution >= 0.6 is 0 Å². The van der Waals surface area contributed by atoms with Crippen LogP contribution in [0.15, 0.2) is 18.2 Å². The second kappa shape index (κ2) is 14.3. The third-order valence-corrected chi connectivity index (χ3v) is 5.43. The lowest BCUT2D eigenvalue weighted by Gasteiger charge is -2.26. The average molecular weight is 421 g/mol. The number of nitrogens with one attached hydrogen (secondary N) is 2. The number of hydrogen-bond acceptors (Lipinski definition) is 5. The minimum absolute atomic E-state index is 0.00319. The summed E-state index contributed by atoms with van der Waals surface area (Å²) in [5.41, 5.74) is 0.721. The number of unbranched alkanes of at least 4 members (excludes halogenated alkanes) is 6. The fourth-order valence-electron chi connectivity index (χ4n) is 3.67. The van der Waals surface area contributed by atoms with Crippen LogP contribution in [0.25, 0.3) is 0 Å². The topological polar surface area (TPSA) is 79.8 Å². The number of aliphatic hydroxyl groups excluding tert-OH is 1. The molecule has 2 rings (SSSR count). The highest BCUT2D eigenvalue weighted by atomic mass is 16.6. The fourth-order valence-corrected chi connectivity index (χ4v) is 3.67. The maximum atomic E-state index is 12.5. The van der Waals surface area contributed by atoms with Crippen LogP contribution in [0.1, 0.15) is 83.3 Å². The van der Waals surface area contributed by atoms with Gasteiger partial charge in [-0.2, -0.15) is 0 Å². The molecule has 0 bridgehead atoms. The number of hydrogen-bond donors (Lipinski definition) is 3. The van der Waals surface area contributed by atoms with Gasteiger partial charge in [-0.1, -0.05) is 58.4 Å². The van der Waals surface area contributed by atoms with Gasteiger partial charge in [0.05, 0.1) is 6.04 Å². The minimum atomic E-state index is -0.817. The monoisotopic (exact) mass is 420 g/mol. The first-order valence-electron chi connectivity index (χ1n) is 11.7. The van der Waals surface area contributed by atoms with Crippen molar-refractivity contribution in [2.24, 2.45) is 0 Å². The van der Waals surface area contributed by atoms with E-state index in [0.29, 0.717) is 37.7 Å². The Hall–Kier alpha value is -1.79. The Morgan fingerprint density at radius 3 is 2.43 bits per heavy atom. The summed E-state index contributed by atoms with van der Waals surface area (Å²) >= 11 is 0. The first-order chi connectivity index (χ1) is 14.7. The highest BCUT2D eigenvalue weighted by Crippen LogP contribution is 2.33. The van der Waals surface area contributed by atoms with Crippen molar-refractivity contribution in [2.75, 3.05) is 26.3 Å². The van der Waals surface area contributed by atoms with Crippen molar-refractivity contribution in [3.8, 4) is 11.5 Å². The summed E-state index contributed by atoms with van der Waals surface area (Å²) in [5.74, 6) is 1.34. The molecule has 30 heavy (non-hydrogen) atoms. The van der Waals surface area contributed by atoms with E-state index in [1.807, 2.05) is 18.2 Å². The Bertz CT molecular complexity index is 623. The molecule has 6 nitrogen and oxygen atoms in total. The summed E-state index contributed by atoms with van der Waals surface area (Å²) in [6, 6.07) is 5.09. The minimum Gasteiger partial charge on any atom is -0.486 e. The van der Waals surface area contributed by atoms with E-state index in [1.54, 1.807) is 0 Å². The highest BCUT2D eigenvalue weighted by molar-refractivity contribution is 5.76. The summed E-state index contributed by atoms with van der Waals surface area (Å²) in [5, 5.41) is 17.3. The van der Waals surface area contributed by atoms with E-state index in [4.69, 9.17) is 9.47 Å². The zero-order chi connectivity index (χ0) is 21.6. The molecular formula is C24H40N2O4. The third-order valence-electron chi connectivity index (χ3n) is 5.43. The van der Waals surface area contributed by atoms with Gasteiger partial charge in [0.1, 0.15) is 19.3 Å². The van der Waals surface area contributed by atoms with Crippen LogP contribution in [0.2, 0.25) is 0 Å². The zero-order valence-corrected chi connectivity index (χ0v) is 18.8. The summed E-state index contributed by atoms with van der Waals surface area (Å²) in [4.78, 5) is 12.5. The molecule has 2 atom stereocenters. The second-order valence-corrected chi connectivity index (χ2v) is 8.10. The standard InChI is InChI=1S/C24H40N2O4/c1-3-5-6-7-8-9-10-11-23(27)26-20(18-25-14-4-2)24(28)19-12-13-21-22(17-19)30-16-15-29-21/h12-13,17,20,24-25,28H,3-11,14-16,18H2,1-2H3,(H,26,27)/t20-,24-/m0/s1. The van der Waals surface area contributed by atoms with Crippen molar-refractivity contribution in [3.05, 3.63) is 23.8 Å². The Labute approximate surface area is 181 Å². The Morgan fingerprint density at radius 2 is 1.70 bits per heavy atom. The molecule has 170 valence electrons. The Balaban J connectivity index is 1.86. The number of rotatable bonds is 15. The van der Waals surface area contributed by atoms with Crippen molar-refractivity contribution < 1.29 is 19.4 Å². The molecule has 1 amide bonds. The predicted molar refractivity (Wildman–Crippen MR) is 120 cm³/mol. The molecule has 0 spiro atoms. The third kappa shape index (κ3) is 8.52. The molecule has 0 radical (unpaired) electrons. The van der Waals surface area contributed by atoms with Gasteiger partial charge in [0.15, 0.2) is 11.5 Å². The molecule has 0 fully saturated rings. The van der Waals surface area contributed by atoms with Crippen molar-refractivity contribution in [3.63, 3.8) is 0 Å². The van der Waals surface area contributed by atoms with Gasteiger partial charge in [-0.3, -0.25) is 4.79 Å². The van der Waals surface area contributed by atoms with Crippen LogP contribution < -0.4 is 20.1 Å². The summed E-state index contributed by atoms with van der Waals surface area (Å²) in [6.07, 6.45) is 8.94. The first-order valence-corrected chi connectivity index (χ1v) is 11.7. The second-order valence-electron chi connectivity index (χ2n) is 8.10. The first kappa shape index (κ1) is 24.5.